The van der Waals surface area contributed by atoms with Crippen LogP contribution in [-0.4, -0.2) is 38.0 Å². The third kappa shape index (κ3) is 8.87. The molecule has 0 unspecified atom stereocenters. The molecule has 1 heterocycles. The van der Waals surface area contributed by atoms with Gasteiger partial charge in [0.2, 0.25) is 0 Å². The molecule has 0 aliphatic heterocycles. The fourth-order valence-electron chi connectivity index (χ4n) is 2.75. The van der Waals surface area contributed by atoms with Crippen LogP contribution in [-0.2, 0) is 4.43 Å². The lowest BCUT2D eigenvalue weighted by atomic mass is 10.2. The van der Waals surface area contributed by atoms with Crippen LogP contribution in [0.3, 0.4) is 0 Å². The number of H-pyrrole nitrogens is 1. The van der Waals surface area contributed by atoms with E-state index < -0.39 is 8.32 Å². The quantitative estimate of drug-likeness (QED) is 0.314. The van der Waals surface area contributed by atoms with Gasteiger partial charge in [-0.2, -0.15) is 0 Å². The van der Waals surface area contributed by atoms with Crippen LogP contribution in [0.25, 0.3) is 6.08 Å². The molecule has 0 fully saturated rings. The average molecular weight is 422 g/mol. The van der Waals surface area contributed by atoms with E-state index in [1.807, 2.05) is 12.2 Å². The summed E-state index contributed by atoms with van der Waals surface area (Å²) in [6, 6.07) is 0. The van der Waals surface area contributed by atoms with Crippen molar-refractivity contribution in [1.29, 1.82) is 0 Å². The lowest BCUT2D eigenvalue weighted by molar-refractivity contribution is 0.328. The minimum absolute atomic E-state index is 0.105. The second-order valence-corrected chi connectivity index (χ2v) is 14.2. The summed E-state index contributed by atoms with van der Waals surface area (Å²) in [5, 5.41) is 0.196. The Morgan fingerprint density at radius 3 is 2.38 bits per heavy atom. The minimum Gasteiger partial charge on any atom is -0.413 e. The zero-order valence-corrected chi connectivity index (χ0v) is 20.8. The Morgan fingerprint density at radius 1 is 1.10 bits per heavy atom. The molecule has 0 aliphatic carbocycles. The van der Waals surface area contributed by atoms with Crippen LogP contribution in [0.1, 0.15) is 78.8 Å². The van der Waals surface area contributed by atoms with Gasteiger partial charge in [-0.15, -0.1) is 0 Å². The number of hydrogen-bond acceptors (Lipinski definition) is 4. The number of anilines is 1. The van der Waals surface area contributed by atoms with E-state index in [4.69, 9.17) is 4.43 Å². The van der Waals surface area contributed by atoms with Crippen molar-refractivity contribution in [3.63, 3.8) is 0 Å². The van der Waals surface area contributed by atoms with Crippen molar-refractivity contribution in [2.24, 2.45) is 0 Å². The summed E-state index contributed by atoms with van der Waals surface area (Å²) < 4.78 is 6.19. The van der Waals surface area contributed by atoms with Crippen molar-refractivity contribution in [3.8, 4) is 0 Å². The monoisotopic (exact) mass is 421 g/mol. The Labute approximate surface area is 179 Å². The Kier molecular flexibility index (Phi) is 10.9. The molecule has 0 bridgehead atoms. The van der Waals surface area contributed by atoms with E-state index in [0.717, 1.165) is 38.0 Å². The first-order valence-electron chi connectivity index (χ1n) is 11.3. The molecule has 166 valence electrons. The highest BCUT2D eigenvalue weighted by molar-refractivity contribution is 6.74. The number of aromatic amines is 1. The fourth-order valence-corrected chi connectivity index (χ4v) is 3.70. The number of rotatable bonds is 13. The largest absolute Gasteiger partial charge is 0.413 e. The molecule has 0 radical (unpaired) electrons. The lowest BCUT2D eigenvalue weighted by Gasteiger charge is -2.35. The predicted molar refractivity (Wildman–Crippen MR) is 128 cm³/mol. The maximum absolute atomic E-state index is 12.4. The van der Waals surface area contributed by atoms with Gasteiger partial charge in [-0.1, -0.05) is 66.4 Å². The third-order valence-corrected chi connectivity index (χ3v) is 10.3. The molecule has 29 heavy (non-hydrogen) atoms. The summed E-state index contributed by atoms with van der Waals surface area (Å²) in [5.41, 5.74) is 0.666. The Hall–Kier alpha value is -1.40. The van der Waals surface area contributed by atoms with E-state index >= 15 is 0 Å². The molecular weight excluding hydrogens is 378 g/mol. The molecule has 0 spiro atoms. The van der Waals surface area contributed by atoms with Crippen LogP contribution in [0.15, 0.2) is 17.1 Å². The SMILES string of the molecule is CCCCCCN(CCCC)c1nc(/C=C/CO[Si](C)(C)C(C)(C)C)c[nH]c1=O. The van der Waals surface area contributed by atoms with Gasteiger partial charge in [-0.3, -0.25) is 4.79 Å². The highest BCUT2D eigenvalue weighted by atomic mass is 28.4. The Bertz CT molecular complexity index is 677. The minimum atomic E-state index is -1.76. The van der Waals surface area contributed by atoms with E-state index in [1.165, 1.54) is 19.3 Å². The van der Waals surface area contributed by atoms with Gasteiger partial charge < -0.3 is 14.3 Å². The number of nitrogens with zero attached hydrogens (tertiary/aromatic N) is 2. The summed E-state index contributed by atoms with van der Waals surface area (Å²) in [5.74, 6) is 0.544. The van der Waals surface area contributed by atoms with Crippen LogP contribution < -0.4 is 10.5 Å². The van der Waals surface area contributed by atoms with Crippen molar-refractivity contribution in [1.82, 2.24) is 9.97 Å². The molecule has 0 amide bonds. The van der Waals surface area contributed by atoms with Crippen molar-refractivity contribution in [3.05, 3.63) is 28.3 Å². The van der Waals surface area contributed by atoms with Crippen molar-refractivity contribution in [2.75, 3.05) is 24.6 Å². The first-order chi connectivity index (χ1) is 13.6. The van der Waals surface area contributed by atoms with E-state index in [-0.39, 0.29) is 10.6 Å². The zero-order valence-electron chi connectivity index (χ0n) is 19.8. The molecule has 0 saturated heterocycles. The normalized spacial score (nSPS) is 12.7. The van der Waals surface area contributed by atoms with Gasteiger partial charge in [0.15, 0.2) is 14.1 Å². The van der Waals surface area contributed by atoms with Crippen LogP contribution in [0.2, 0.25) is 18.1 Å². The molecule has 5 nitrogen and oxygen atoms in total. The number of aromatic nitrogens is 2. The lowest BCUT2D eigenvalue weighted by Crippen LogP contribution is -2.40. The van der Waals surface area contributed by atoms with Crippen LogP contribution >= 0.6 is 0 Å². The first-order valence-corrected chi connectivity index (χ1v) is 14.2. The van der Waals surface area contributed by atoms with Crippen LogP contribution in [0.5, 0.6) is 0 Å². The first kappa shape index (κ1) is 25.6. The molecular formula is C23H43N3O2Si. The highest BCUT2D eigenvalue weighted by Crippen LogP contribution is 2.36. The van der Waals surface area contributed by atoms with E-state index in [2.05, 4.69) is 62.6 Å². The van der Waals surface area contributed by atoms with Gasteiger partial charge in [0.1, 0.15) is 0 Å². The zero-order chi connectivity index (χ0) is 21.9. The third-order valence-electron chi connectivity index (χ3n) is 5.79. The summed E-state index contributed by atoms with van der Waals surface area (Å²) in [7, 11) is -1.76. The molecule has 1 aromatic rings. The molecule has 0 atom stereocenters. The van der Waals surface area contributed by atoms with E-state index in [9.17, 15) is 4.79 Å². The number of nitrogens with one attached hydrogen (secondary N) is 1. The Balaban J connectivity index is 2.84. The predicted octanol–water partition coefficient (Wildman–Crippen LogP) is 5.99. The fraction of sp³-hybridized carbons (Fsp3) is 0.739. The number of unbranched alkanes of at least 4 members (excludes halogenated alkanes) is 4. The van der Waals surface area contributed by atoms with Crippen molar-refractivity contribution < 1.29 is 4.43 Å². The van der Waals surface area contributed by atoms with Gasteiger partial charge in [0.05, 0.1) is 12.3 Å². The van der Waals surface area contributed by atoms with Gasteiger partial charge in [-0.25, -0.2) is 4.98 Å². The summed E-state index contributed by atoms with van der Waals surface area (Å²) in [4.78, 5) is 22.1. The van der Waals surface area contributed by atoms with Crippen molar-refractivity contribution >= 4 is 20.2 Å². The van der Waals surface area contributed by atoms with E-state index in [0.29, 0.717) is 12.4 Å². The van der Waals surface area contributed by atoms with Gasteiger partial charge in [-0.05, 0) is 37.0 Å². The molecule has 6 heteroatoms. The molecule has 1 aromatic heterocycles. The topological polar surface area (TPSA) is 58.2 Å². The van der Waals surface area contributed by atoms with Crippen LogP contribution in [0.4, 0.5) is 5.82 Å². The molecule has 0 aromatic carbocycles. The highest BCUT2D eigenvalue weighted by Gasteiger charge is 2.36. The van der Waals surface area contributed by atoms with Gasteiger partial charge >= 0.3 is 0 Å². The Morgan fingerprint density at radius 2 is 1.76 bits per heavy atom. The second kappa shape index (κ2) is 12.3. The van der Waals surface area contributed by atoms with Crippen molar-refractivity contribution in [2.45, 2.75) is 91.3 Å². The van der Waals surface area contributed by atoms with Crippen LogP contribution in [0, 0.1) is 0 Å². The molecule has 0 saturated carbocycles. The standard InChI is InChI=1S/C23H43N3O2Si/c1-8-10-12-13-17-26(16-11-9-2)21-22(27)24-19-20(25-21)15-14-18-28-29(6,7)23(3,4)5/h14-15,19H,8-13,16-18H2,1-7H3,(H,24,27)/b15-14+. The number of hydrogen-bond donors (Lipinski definition) is 1. The second-order valence-electron chi connectivity index (χ2n) is 9.35. The maximum Gasteiger partial charge on any atom is 0.290 e. The van der Waals surface area contributed by atoms with Gasteiger partial charge in [0.25, 0.3) is 5.56 Å². The maximum atomic E-state index is 12.4. The van der Waals surface area contributed by atoms with Gasteiger partial charge in [0, 0.05) is 19.3 Å². The summed E-state index contributed by atoms with van der Waals surface area (Å²) in [6.07, 6.45) is 12.5. The molecule has 0 aliphatic rings. The summed E-state index contributed by atoms with van der Waals surface area (Å²) in [6.45, 7) is 17.9. The molecule has 1 rings (SSSR count). The smallest absolute Gasteiger partial charge is 0.290 e. The molecule has 1 N–H and O–H groups in total. The summed E-state index contributed by atoms with van der Waals surface area (Å²) >= 11 is 0. The average Bonchev–Trinajstić information content (AvgIpc) is 2.65. The van der Waals surface area contributed by atoms with E-state index in [1.54, 1.807) is 6.20 Å².